The number of nitrogens with two attached hydrogens (primary N) is 1. The number of carbonyl (C=O) groups is 1. The average molecular weight is 488 g/mol. The highest BCUT2D eigenvalue weighted by atomic mass is 32.2. The smallest absolute Gasteiger partial charge is 0.249 e. The lowest BCUT2D eigenvalue weighted by atomic mass is 9.94. The van der Waals surface area contributed by atoms with E-state index in [1.54, 1.807) is 11.3 Å². The van der Waals surface area contributed by atoms with Crippen LogP contribution in [0.25, 0.3) is 21.6 Å². The summed E-state index contributed by atoms with van der Waals surface area (Å²) in [5, 5.41) is 0. The second-order valence-electron chi connectivity index (χ2n) is 8.09. The summed E-state index contributed by atoms with van der Waals surface area (Å²) in [5.41, 5.74) is 11.4. The van der Waals surface area contributed by atoms with Gasteiger partial charge in [0.15, 0.2) is 0 Å². The summed E-state index contributed by atoms with van der Waals surface area (Å²) >= 11 is 3.67. The quantitative estimate of drug-likeness (QED) is 0.252. The maximum Gasteiger partial charge on any atom is 0.249 e. The molecule has 4 aromatic rings. The van der Waals surface area contributed by atoms with E-state index in [2.05, 4.69) is 43.3 Å². The fourth-order valence-corrected chi connectivity index (χ4v) is 5.81. The van der Waals surface area contributed by atoms with E-state index in [1.165, 1.54) is 15.3 Å². The minimum atomic E-state index is -0.421. The number of aryl methyl sites for hydroxylation is 1. The second-order valence-corrected chi connectivity index (χ2v) is 10.5. The van der Waals surface area contributed by atoms with Crippen LogP contribution in [0.5, 0.6) is 0 Å². The van der Waals surface area contributed by atoms with Gasteiger partial charge in [0.05, 0.1) is 6.61 Å². The zero-order valence-corrected chi connectivity index (χ0v) is 21.1. The Balaban J connectivity index is 1.57. The van der Waals surface area contributed by atoms with Gasteiger partial charge in [-0.25, -0.2) is 0 Å². The van der Waals surface area contributed by atoms with Crippen molar-refractivity contribution in [3.63, 3.8) is 0 Å². The second kappa shape index (κ2) is 11.5. The van der Waals surface area contributed by atoms with Crippen molar-refractivity contribution in [2.24, 2.45) is 5.73 Å². The molecule has 4 rings (SSSR count). The molecule has 0 aliphatic heterocycles. The first-order valence-corrected chi connectivity index (χ1v) is 13.4. The van der Waals surface area contributed by atoms with Gasteiger partial charge in [0.2, 0.25) is 5.91 Å². The summed E-state index contributed by atoms with van der Waals surface area (Å²) in [6.07, 6.45) is 0.00476. The lowest BCUT2D eigenvalue weighted by Crippen LogP contribution is -2.13. The first-order chi connectivity index (χ1) is 16.6. The van der Waals surface area contributed by atoms with Crippen LogP contribution in [0.1, 0.15) is 39.4 Å². The molecule has 1 amide bonds. The van der Waals surface area contributed by atoms with Gasteiger partial charge in [0.25, 0.3) is 0 Å². The Morgan fingerprint density at radius 3 is 2.47 bits per heavy atom. The Kier molecular flexibility index (Phi) is 8.22. The Labute approximate surface area is 210 Å². The lowest BCUT2D eigenvalue weighted by Gasteiger charge is -2.17. The highest BCUT2D eigenvalue weighted by Gasteiger charge is 2.17. The third-order valence-corrected chi connectivity index (χ3v) is 7.88. The first kappa shape index (κ1) is 24.3. The Hall–Kier alpha value is -2.86. The fraction of sp³-hybridized carbons (Fsp3) is 0.207. The molecule has 0 saturated carbocycles. The standard InChI is InChI=1S/C29H29NO2S2/c1-3-33-19-26(28-16-15-27(34-28)22-10-5-4-6-11-22)32-18-21-13-14-24(29(30)31)25(17-21)23-12-8-7-9-20(23)2/h4-17,26H,3,18-19H2,1-2H3,(H2,30,31). The molecule has 1 unspecified atom stereocenters. The molecule has 0 saturated heterocycles. The van der Waals surface area contributed by atoms with Crippen LogP contribution in [0.2, 0.25) is 0 Å². The fourth-order valence-electron chi connectivity index (χ4n) is 3.91. The molecule has 3 nitrogen and oxygen atoms in total. The average Bonchev–Trinajstić information content (AvgIpc) is 3.35. The largest absolute Gasteiger partial charge is 0.367 e. The van der Waals surface area contributed by atoms with Gasteiger partial charge in [-0.05, 0) is 64.8 Å². The van der Waals surface area contributed by atoms with E-state index in [4.69, 9.17) is 10.5 Å². The third kappa shape index (κ3) is 5.79. The molecular formula is C29H29NO2S2. The molecule has 174 valence electrons. The van der Waals surface area contributed by atoms with Crippen LogP contribution >= 0.6 is 23.1 Å². The molecule has 0 aliphatic rings. The van der Waals surface area contributed by atoms with E-state index in [1.807, 2.05) is 67.2 Å². The van der Waals surface area contributed by atoms with Gasteiger partial charge < -0.3 is 10.5 Å². The van der Waals surface area contributed by atoms with Crippen LogP contribution in [-0.4, -0.2) is 17.4 Å². The predicted octanol–water partition coefficient (Wildman–Crippen LogP) is 7.50. The minimum absolute atomic E-state index is 0.00476. The number of thiophene rings is 1. The number of primary amides is 1. The normalized spacial score (nSPS) is 11.9. The maximum atomic E-state index is 12.1. The molecule has 1 aromatic heterocycles. The van der Waals surface area contributed by atoms with Crippen LogP contribution in [0.4, 0.5) is 0 Å². The van der Waals surface area contributed by atoms with Gasteiger partial charge in [0, 0.05) is 21.1 Å². The number of benzene rings is 3. The number of hydrogen-bond acceptors (Lipinski definition) is 4. The van der Waals surface area contributed by atoms with Gasteiger partial charge in [-0.2, -0.15) is 11.8 Å². The van der Waals surface area contributed by atoms with Crippen LogP contribution in [-0.2, 0) is 11.3 Å². The molecule has 0 fully saturated rings. The van der Waals surface area contributed by atoms with Crippen molar-refractivity contribution in [1.82, 2.24) is 0 Å². The first-order valence-electron chi connectivity index (χ1n) is 11.4. The molecule has 0 radical (unpaired) electrons. The van der Waals surface area contributed by atoms with Gasteiger partial charge in [-0.15, -0.1) is 11.3 Å². The Morgan fingerprint density at radius 1 is 0.971 bits per heavy atom. The molecule has 5 heteroatoms. The van der Waals surface area contributed by atoms with Crippen molar-refractivity contribution in [2.45, 2.75) is 26.6 Å². The Bertz CT molecular complexity index is 1250. The van der Waals surface area contributed by atoms with Crippen molar-refractivity contribution >= 4 is 29.0 Å². The van der Waals surface area contributed by atoms with Gasteiger partial charge >= 0.3 is 0 Å². The number of carbonyl (C=O) groups excluding carboxylic acids is 1. The number of rotatable bonds is 10. The van der Waals surface area contributed by atoms with Gasteiger partial charge in [0.1, 0.15) is 6.10 Å². The zero-order valence-electron chi connectivity index (χ0n) is 19.5. The summed E-state index contributed by atoms with van der Waals surface area (Å²) < 4.78 is 6.46. The van der Waals surface area contributed by atoms with Crippen molar-refractivity contribution in [3.05, 3.63) is 106 Å². The molecular weight excluding hydrogens is 458 g/mol. The molecule has 1 heterocycles. The van der Waals surface area contributed by atoms with Crippen molar-refractivity contribution in [1.29, 1.82) is 0 Å². The van der Waals surface area contributed by atoms with E-state index in [9.17, 15) is 4.79 Å². The van der Waals surface area contributed by atoms with E-state index in [0.717, 1.165) is 33.8 Å². The van der Waals surface area contributed by atoms with E-state index < -0.39 is 5.91 Å². The highest BCUT2D eigenvalue weighted by Crippen LogP contribution is 2.35. The van der Waals surface area contributed by atoms with Crippen LogP contribution in [0.15, 0.2) is 84.9 Å². The number of thioether (sulfide) groups is 1. The van der Waals surface area contributed by atoms with E-state index >= 15 is 0 Å². The number of hydrogen-bond donors (Lipinski definition) is 1. The van der Waals surface area contributed by atoms with Crippen molar-refractivity contribution in [2.75, 3.05) is 11.5 Å². The summed E-state index contributed by atoms with van der Waals surface area (Å²) in [5.74, 6) is 1.52. The van der Waals surface area contributed by atoms with Crippen LogP contribution in [0, 0.1) is 6.92 Å². The molecule has 34 heavy (non-hydrogen) atoms. The minimum Gasteiger partial charge on any atom is -0.367 e. The molecule has 1 atom stereocenters. The summed E-state index contributed by atoms with van der Waals surface area (Å²) in [6, 6.07) is 28.7. The zero-order chi connectivity index (χ0) is 23.9. The third-order valence-electron chi connectivity index (χ3n) is 5.71. The Morgan fingerprint density at radius 2 is 1.74 bits per heavy atom. The van der Waals surface area contributed by atoms with Crippen LogP contribution in [0.3, 0.4) is 0 Å². The van der Waals surface area contributed by atoms with E-state index in [0.29, 0.717) is 12.2 Å². The van der Waals surface area contributed by atoms with Crippen molar-refractivity contribution in [3.8, 4) is 21.6 Å². The topological polar surface area (TPSA) is 52.3 Å². The van der Waals surface area contributed by atoms with Crippen LogP contribution < -0.4 is 5.73 Å². The lowest BCUT2D eigenvalue weighted by molar-refractivity contribution is 0.0581. The van der Waals surface area contributed by atoms with Gasteiger partial charge in [-0.1, -0.05) is 67.6 Å². The SMILES string of the molecule is CCSCC(OCc1ccc(C(N)=O)c(-c2ccccc2C)c1)c1ccc(-c2ccccc2)s1. The van der Waals surface area contributed by atoms with Gasteiger partial charge in [-0.3, -0.25) is 4.79 Å². The molecule has 3 aromatic carbocycles. The molecule has 0 bridgehead atoms. The number of amides is 1. The van der Waals surface area contributed by atoms with Crippen molar-refractivity contribution < 1.29 is 9.53 Å². The highest BCUT2D eigenvalue weighted by molar-refractivity contribution is 7.99. The summed E-state index contributed by atoms with van der Waals surface area (Å²) in [7, 11) is 0. The monoisotopic (exact) mass is 487 g/mol. The maximum absolute atomic E-state index is 12.1. The molecule has 0 aliphatic carbocycles. The summed E-state index contributed by atoms with van der Waals surface area (Å²) in [4.78, 5) is 14.6. The number of ether oxygens (including phenoxy) is 1. The molecule has 0 spiro atoms. The predicted molar refractivity (Wildman–Crippen MR) is 145 cm³/mol. The van der Waals surface area contributed by atoms with E-state index in [-0.39, 0.29) is 6.10 Å². The molecule has 2 N–H and O–H groups in total. The summed E-state index contributed by atoms with van der Waals surface area (Å²) in [6.45, 7) is 4.68.